The summed E-state index contributed by atoms with van der Waals surface area (Å²) in [6.45, 7) is 31.0. The van der Waals surface area contributed by atoms with E-state index in [1.54, 1.807) is 110 Å². The van der Waals surface area contributed by atoms with Gasteiger partial charge in [-0.1, -0.05) is 55.4 Å². The van der Waals surface area contributed by atoms with Gasteiger partial charge in [-0.2, -0.15) is 0 Å². The summed E-state index contributed by atoms with van der Waals surface area (Å²) in [6, 6.07) is -1.13. The second-order valence-electron chi connectivity index (χ2n) is 33.8. The number of ketones is 8. The lowest BCUT2D eigenvalue weighted by atomic mass is 9.74. The van der Waals surface area contributed by atoms with Gasteiger partial charge in [0, 0.05) is 177 Å². The Labute approximate surface area is 761 Å². The number of likely N-dealkylation sites (N-methyl/N-ethyl adjacent to an activating group) is 7. The van der Waals surface area contributed by atoms with Gasteiger partial charge in [-0.25, -0.2) is 19.2 Å². The van der Waals surface area contributed by atoms with Crippen molar-refractivity contribution in [3.05, 3.63) is 165 Å². The molecule has 9 aliphatic heterocycles. The number of urea groups is 2. The quantitative estimate of drug-likeness (QED) is 0.0446. The normalized spacial score (nSPS) is 21.0. The first-order valence-electron chi connectivity index (χ1n) is 44.6. The lowest BCUT2D eigenvalue weighted by molar-refractivity contribution is -0.147. The van der Waals surface area contributed by atoms with Gasteiger partial charge in [0.25, 0.3) is 23.6 Å². The molecule has 706 valence electrons. The zero-order chi connectivity index (χ0) is 96.3. The number of hydrogen-bond acceptors (Lipinski definition) is 28. The van der Waals surface area contributed by atoms with Crippen molar-refractivity contribution in [2.75, 3.05) is 155 Å². The molecule has 11 fully saturated rings. The molecule has 0 spiro atoms. The first kappa shape index (κ1) is 107. The van der Waals surface area contributed by atoms with Gasteiger partial charge < -0.3 is 58.0 Å². The molecular formula is C97H137N11O21. The van der Waals surface area contributed by atoms with Crippen LogP contribution in [-0.4, -0.2) is 303 Å². The molecule has 9 heterocycles. The van der Waals surface area contributed by atoms with Crippen LogP contribution in [0, 0.1) is 10.8 Å². The van der Waals surface area contributed by atoms with E-state index >= 15 is 0 Å². The van der Waals surface area contributed by atoms with E-state index in [0.29, 0.717) is 106 Å². The van der Waals surface area contributed by atoms with Crippen LogP contribution in [0.15, 0.2) is 165 Å². The van der Waals surface area contributed by atoms with Gasteiger partial charge in [0.1, 0.15) is 36.5 Å². The van der Waals surface area contributed by atoms with Crippen molar-refractivity contribution in [2.45, 2.75) is 186 Å². The minimum absolute atomic E-state index is 0.00579. The minimum atomic E-state index is -0.696. The number of carbonyl (C=O) groups is 16. The van der Waals surface area contributed by atoms with Crippen LogP contribution in [0.4, 0.5) is 9.59 Å². The van der Waals surface area contributed by atoms with E-state index in [2.05, 4.69) is 19.6 Å². The molecular weight excluding hydrogens is 1660 g/mol. The summed E-state index contributed by atoms with van der Waals surface area (Å²) >= 11 is 0. The highest BCUT2D eigenvalue weighted by molar-refractivity contribution is 6.30. The molecule has 0 aromatic heterocycles. The number of carbonyl (C=O) groups excluding carboxylic acids is 16. The van der Waals surface area contributed by atoms with Crippen molar-refractivity contribution < 1.29 is 100 Å². The largest absolute Gasteiger partial charge is 0.477 e. The molecule has 2 saturated carbocycles. The molecule has 129 heavy (non-hydrogen) atoms. The molecule has 32 heteroatoms. The predicted molar refractivity (Wildman–Crippen MR) is 488 cm³/mol. The second-order valence-corrected chi connectivity index (χ2v) is 33.8. The molecule has 0 bridgehead atoms. The first-order valence-corrected chi connectivity index (χ1v) is 44.6. The summed E-state index contributed by atoms with van der Waals surface area (Å²) in [5, 5.41) is 0. The van der Waals surface area contributed by atoms with Crippen molar-refractivity contribution in [2.24, 2.45) is 10.8 Å². The van der Waals surface area contributed by atoms with E-state index in [0.717, 1.165) is 128 Å². The Balaban J connectivity index is 0.000000267. The zero-order valence-electron chi connectivity index (χ0n) is 79.8. The van der Waals surface area contributed by atoms with E-state index in [4.69, 9.17) is 23.7 Å². The molecule has 0 unspecified atom stereocenters. The van der Waals surface area contributed by atoms with Gasteiger partial charge in [-0.15, -0.1) is 0 Å². The van der Waals surface area contributed by atoms with Crippen LogP contribution in [0.25, 0.3) is 0 Å². The third kappa shape index (κ3) is 31.4. The van der Waals surface area contributed by atoms with Gasteiger partial charge in [0.05, 0.1) is 55.1 Å². The first-order chi connectivity index (χ1) is 61.0. The zero-order valence-corrected chi connectivity index (χ0v) is 79.8. The number of ether oxygens (including phenoxy) is 5. The number of amides is 8. The number of allylic oxidation sites excluding steroid dienone is 22. The van der Waals surface area contributed by atoms with Gasteiger partial charge in [-0.05, 0) is 175 Å². The number of likely N-dealkylation sites (tertiary alicyclic amines) is 4. The Hall–Kier alpha value is -12.1. The Morgan fingerprint density at radius 2 is 0.589 bits per heavy atom. The van der Waals surface area contributed by atoms with Crippen LogP contribution >= 0.6 is 0 Å². The summed E-state index contributed by atoms with van der Waals surface area (Å²) in [5.41, 5.74) is 5.50. The number of rotatable bonds is 21. The van der Waals surface area contributed by atoms with E-state index in [1.165, 1.54) is 37.6 Å². The fourth-order valence-corrected chi connectivity index (χ4v) is 14.8. The van der Waals surface area contributed by atoms with Crippen LogP contribution in [0.1, 0.15) is 186 Å². The fraction of sp³-hybridized carbons (Fsp3) is 0.546. The number of Topliss-reactive ketones (excluding diaryl/α,β-unsaturated/α-hetero) is 8. The van der Waals surface area contributed by atoms with Gasteiger partial charge in [0.15, 0.2) is 63.9 Å². The summed E-state index contributed by atoms with van der Waals surface area (Å²) in [7, 11) is 16.5. The van der Waals surface area contributed by atoms with Crippen molar-refractivity contribution in [3.8, 4) is 0 Å². The van der Waals surface area contributed by atoms with Crippen molar-refractivity contribution in [1.29, 1.82) is 0 Å². The van der Waals surface area contributed by atoms with Crippen molar-refractivity contribution in [3.63, 3.8) is 0 Å². The Bertz CT molecular complexity index is 4370. The summed E-state index contributed by atoms with van der Waals surface area (Å²) in [4.78, 5) is 208. The van der Waals surface area contributed by atoms with Gasteiger partial charge in [0.2, 0.25) is 0 Å². The smallest absolute Gasteiger partial charge is 0.345 e. The van der Waals surface area contributed by atoms with Gasteiger partial charge >= 0.3 is 24.0 Å². The molecule has 0 radical (unpaired) electrons. The number of nitrogens with zero attached hydrogens (tertiary/aromatic N) is 11. The molecule has 0 atom stereocenters. The standard InChI is InChI=1S/C15H21N3O3.C15H21NO2.C14H19NO3.C14H21NO2.C13H17N3O3.C13H19NO5.C13H19NO3/c1-4-17-13(19)12(14(20)18(5-2)15(17)21)9-8-11-7-6-10-16(11)3;1-15(2)9-13(17)12(14(18)10-15)7-6-11-5-4-8-16(11)3;1-14(2)8-11(16)10(12(17)9-14)4-5-13-15(3)6-7-18-13;1-4-13(16)12(14(17)5-2)9-8-11-7-6-10-15(11)3;1-14-8-4-5-9(14)6-7-10-11(17)15(2)13(19)16(3)12(10)18;1-4-17-12(15)10(13(16)18-5-2)6-7-11-14(3)8-9-19-11;1-4-11(15)10(12(16)5-2)6-7-13-14(3)8-9-17-13/h8-9H,4-7,10H2,1-3H3;6-7H,4-5,8-10H2,1-3H3;4-5H,6-9H2,1-3H3;8-9H,4-7,10H2,1-3H3;6-7H,4-5,8H2,1-3H3;6-7H,4-5,8-9H2,1-3H3;6-7H,4-5,8-9H2,1-3H3/b11-8+;11-6+;13-5-;11-8+;9-6+;11-7-;13-7-. The Kier molecular flexibility index (Phi) is 43.1. The molecule has 2 aliphatic carbocycles. The molecule has 11 aliphatic rings. The topological polar surface area (TPSA) is 355 Å². The average Bonchev–Trinajstić information content (AvgIpc) is 1.80. The monoisotopic (exact) mass is 1790 g/mol. The third-order valence-electron chi connectivity index (χ3n) is 22.7. The maximum atomic E-state index is 12.3. The van der Waals surface area contributed by atoms with Crippen LogP contribution in [0.5, 0.6) is 0 Å². The molecule has 0 aromatic carbocycles. The van der Waals surface area contributed by atoms with Gasteiger partial charge in [-0.3, -0.25) is 77.1 Å². The second kappa shape index (κ2) is 51.8. The van der Waals surface area contributed by atoms with Crippen molar-refractivity contribution in [1.82, 2.24) is 53.9 Å². The van der Waals surface area contributed by atoms with Crippen LogP contribution in [0.3, 0.4) is 0 Å². The molecule has 11 rings (SSSR count). The number of esters is 2. The highest BCUT2D eigenvalue weighted by Gasteiger charge is 2.42. The highest BCUT2D eigenvalue weighted by Crippen LogP contribution is 2.36. The fourth-order valence-electron chi connectivity index (χ4n) is 14.8. The number of imide groups is 4. The summed E-state index contributed by atoms with van der Waals surface area (Å²) in [5.74, 6) is -1.97. The maximum Gasteiger partial charge on any atom is 0.345 e. The van der Waals surface area contributed by atoms with E-state index in [9.17, 15) is 76.7 Å². The molecule has 32 nitrogen and oxygen atoms in total. The molecule has 9 saturated heterocycles. The summed E-state index contributed by atoms with van der Waals surface area (Å²) < 4.78 is 25.7. The summed E-state index contributed by atoms with van der Waals surface area (Å²) in [6.07, 6.45) is 35.2. The number of barbiturate groups is 2. The van der Waals surface area contributed by atoms with Crippen LogP contribution in [0.2, 0.25) is 0 Å². The SMILES string of the molecule is CCC(=O)C(=C/C=C1\CCCN1C)C(=O)CC.CCC(=O)C(=C/C=C1\OCCN1C)C(=O)CC.CCN1C(=O)C(=C/C=C2\CCCN2C)C(=O)N(CC)C1=O.CCOC(=O)C(=C/C=C1\OCCN1C)C(=O)OCC.CN1C(=O)C(=C/C=C2\CCCN2C)C(=O)N(C)C1=O.CN1CCC/C1=C\C=C1C(=O)CC(C)(C)CC1=O.CN1CCO/C1=C\C=C1C(=O)CC(C)(C)CC1=O. The lowest BCUT2D eigenvalue weighted by Crippen LogP contribution is -2.56. The molecule has 0 N–H and O–H groups in total. The van der Waals surface area contributed by atoms with E-state index < -0.39 is 47.6 Å². The van der Waals surface area contributed by atoms with E-state index in [1.807, 2.05) is 110 Å². The average molecular weight is 1790 g/mol. The minimum Gasteiger partial charge on any atom is -0.477 e. The number of hydrogen-bond donors (Lipinski definition) is 0. The predicted octanol–water partition coefficient (Wildman–Crippen LogP) is 11.1. The Morgan fingerprint density at radius 3 is 0.860 bits per heavy atom. The Morgan fingerprint density at radius 1 is 0.318 bits per heavy atom. The van der Waals surface area contributed by atoms with Crippen molar-refractivity contribution >= 4 is 93.9 Å². The lowest BCUT2D eigenvalue weighted by Gasteiger charge is -2.32. The molecule has 0 aromatic rings. The molecule has 8 amide bonds. The third-order valence-corrected chi connectivity index (χ3v) is 22.7. The highest BCUT2D eigenvalue weighted by atomic mass is 16.6. The maximum absolute atomic E-state index is 12.3. The van der Waals surface area contributed by atoms with E-state index in [-0.39, 0.29) is 106 Å². The van der Waals surface area contributed by atoms with Crippen LogP contribution in [-0.2, 0) is 90.8 Å². The van der Waals surface area contributed by atoms with Crippen LogP contribution < -0.4 is 0 Å².